The highest BCUT2D eigenvalue weighted by Crippen LogP contribution is 2.38. The van der Waals surface area contributed by atoms with Crippen molar-refractivity contribution >= 4 is 17.3 Å². The third-order valence-electron chi connectivity index (χ3n) is 7.69. The number of aliphatic hydroxyl groups is 6. The highest BCUT2D eigenvalue weighted by Gasteiger charge is 2.60. The van der Waals surface area contributed by atoms with Crippen LogP contribution in [0.5, 0.6) is 0 Å². The second-order valence-electron chi connectivity index (χ2n) is 11.4. The van der Waals surface area contributed by atoms with Crippen LogP contribution in [-0.4, -0.2) is 91.2 Å². The van der Waals surface area contributed by atoms with Crippen molar-refractivity contribution in [2.75, 3.05) is 19.8 Å². The molecule has 0 aromatic carbocycles. The van der Waals surface area contributed by atoms with Crippen molar-refractivity contribution in [2.45, 2.75) is 140 Å². The summed E-state index contributed by atoms with van der Waals surface area (Å²) in [4.78, 5) is 39.8. The van der Waals surface area contributed by atoms with Crippen LogP contribution in [0.3, 0.4) is 0 Å². The molecule has 10 nitrogen and oxygen atoms in total. The number of Topliss-reactive ketones (excluding diaryl/α,β-unsaturated/α-hetero) is 3. The molecule has 39 heavy (non-hydrogen) atoms. The van der Waals surface area contributed by atoms with Crippen molar-refractivity contribution in [3.63, 3.8) is 0 Å². The maximum atomic E-state index is 13.5. The van der Waals surface area contributed by atoms with E-state index in [0.29, 0.717) is 6.42 Å². The average Bonchev–Trinajstić information content (AvgIpc) is 2.93. The summed E-state index contributed by atoms with van der Waals surface area (Å²) in [7, 11) is 0. The van der Waals surface area contributed by atoms with E-state index in [1.165, 1.54) is 51.4 Å². The highest BCUT2D eigenvalue weighted by atomic mass is 16.3. The first-order valence-corrected chi connectivity index (χ1v) is 14.6. The van der Waals surface area contributed by atoms with Gasteiger partial charge in [-0.25, -0.2) is 0 Å². The molecule has 5 unspecified atom stereocenters. The minimum atomic E-state index is -2.54. The van der Waals surface area contributed by atoms with E-state index in [-0.39, 0.29) is 12.8 Å². The predicted molar refractivity (Wildman–Crippen MR) is 149 cm³/mol. The Morgan fingerprint density at radius 2 is 1.05 bits per heavy atom. The molecule has 0 aliphatic heterocycles. The summed E-state index contributed by atoms with van der Waals surface area (Å²) in [5.74, 6) is -3.82. The molecule has 8 N–H and O–H groups in total. The molecule has 5 atom stereocenters. The van der Waals surface area contributed by atoms with Crippen molar-refractivity contribution in [3.05, 3.63) is 0 Å². The van der Waals surface area contributed by atoms with Gasteiger partial charge in [0.1, 0.15) is 22.7 Å². The van der Waals surface area contributed by atoms with Crippen molar-refractivity contribution in [1.82, 2.24) is 0 Å². The van der Waals surface area contributed by atoms with Crippen LogP contribution < -0.4 is 5.73 Å². The second-order valence-corrected chi connectivity index (χ2v) is 11.4. The molecule has 0 heterocycles. The van der Waals surface area contributed by atoms with Crippen LogP contribution in [0, 0.1) is 5.41 Å². The number of ketones is 3. The summed E-state index contributed by atoms with van der Waals surface area (Å²) in [6.45, 7) is 0.927. The molecule has 10 heteroatoms. The van der Waals surface area contributed by atoms with Gasteiger partial charge in [-0.3, -0.25) is 14.4 Å². The summed E-state index contributed by atoms with van der Waals surface area (Å²) in [6.07, 6.45) is 12.3. The summed E-state index contributed by atoms with van der Waals surface area (Å²) in [6, 6.07) is -2.05. The molecule has 0 amide bonds. The molecule has 230 valence electrons. The van der Waals surface area contributed by atoms with Crippen molar-refractivity contribution in [2.24, 2.45) is 11.1 Å². The number of carbonyl (C=O) groups excluding carboxylic acids is 3. The molecule has 0 bridgehead atoms. The van der Waals surface area contributed by atoms with Gasteiger partial charge in [0.15, 0.2) is 17.3 Å². The fraction of sp³-hybridized carbons (Fsp3) is 0.897. The number of nitrogens with two attached hydrogens (primary N) is 1. The molecule has 0 aliphatic rings. The molecule has 0 radical (unpaired) electrons. The molecule has 0 spiro atoms. The van der Waals surface area contributed by atoms with Crippen molar-refractivity contribution < 1.29 is 45.0 Å². The maximum absolute atomic E-state index is 13.5. The first-order chi connectivity index (χ1) is 18.3. The van der Waals surface area contributed by atoms with Gasteiger partial charge in [0, 0.05) is 0 Å². The van der Waals surface area contributed by atoms with Gasteiger partial charge in [0.2, 0.25) is 0 Å². The minimum Gasteiger partial charge on any atom is -0.393 e. The van der Waals surface area contributed by atoms with Gasteiger partial charge in [0.05, 0.1) is 25.9 Å². The Balaban J connectivity index is 5.33. The normalized spacial score (nSPS) is 18.0. The van der Waals surface area contributed by atoms with Crippen LogP contribution in [0.15, 0.2) is 0 Å². The number of hydrogen-bond donors (Lipinski definition) is 7. The molecular weight excluding hydrogens is 506 g/mol. The highest BCUT2D eigenvalue weighted by molar-refractivity contribution is 6.16. The second kappa shape index (κ2) is 19.0. The maximum Gasteiger partial charge on any atom is 0.184 e. The van der Waals surface area contributed by atoms with E-state index in [1.54, 1.807) is 0 Å². The zero-order chi connectivity index (χ0) is 30.1. The summed E-state index contributed by atoms with van der Waals surface area (Å²) in [5, 5.41) is 59.5. The molecule has 0 saturated carbocycles. The monoisotopic (exact) mass is 561 g/mol. The van der Waals surface area contributed by atoms with Crippen LogP contribution in [0.4, 0.5) is 0 Å². The lowest BCUT2D eigenvalue weighted by molar-refractivity contribution is -0.167. The molecular formula is C29H55NO9. The van der Waals surface area contributed by atoms with E-state index in [2.05, 4.69) is 6.92 Å². The molecule has 0 aromatic rings. The van der Waals surface area contributed by atoms with E-state index in [0.717, 1.165) is 39.5 Å². The van der Waals surface area contributed by atoms with Crippen LogP contribution >= 0.6 is 0 Å². The molecule has 0 fully saturated rings. The zero-order valence-corrected chi connectivity index (χ0v) is 24.4. The lowest BCUT2D eigenvalue weighted by Gasteiger charge is -2.42. The Hall–Kier alpha value is -1.27. The Labute approximate surface area is 234 Å². The van der Waals surface area contributed by atoms with Gasteiger partial charge >= 0.3 is 0 Å². The fourth-order valence-electron chi connectivity index (χ4n) is 4.97. The average molecular weight is 562 g/mol. The third-order valence-corrected chi connectivity index (χ3v) is 7.69. The van der Waals surface area contributed by atoms with E-state index in [9.17, 15) is 45.0 Å². The Morgan fingerprint density at radius 1 is 0.667 bits per heavy atom. The zero-order valence-electron chi connectivity index (χ0n) is 24.4. The Morgan fingerprint density at radius 3 is 1.41 bits per heavy atom. The van der Waals surface area contributed by atoms with E-state index in [4.69, 9.17) is 5.73 Å². The van der Waals surface area contributed by atoms with Crippen LogP contribution in [0.1, 0.15) is 117 Å². The molecule has 0 rings (SSSR count). The molecule has 0 aliphatic carbocycles. The first-order valence-electron chi connectivity index (χ1n) is 14.6. The Bertz CT molecular complexity index is 726. The van der Waals surface area contributed by atoms with Gasteiger partial charge in [-0.1, -0.05) is 96.8 Å². The van der Waals surface area contributed by atoms with E-state index in [1.807, 2.05) is 0 Å². The molecule has 0 aromatic heterocycles. The van der Waals surface area contributed by atoms with E-state index < -0.39 is 65.9 Å². The standard InChI is InChI=1S/C29H55NO9/c1-4-5-6-7-8-9-10-11-12-13-14-15-16-17-18-29(24(35)22(34)19-31,26(37)28(3,39)21-33)23(30)25(36)27(2,38)20-32/h22-23,31-34,38-39H,4-21,30H2,1-3H3. The third kappa shape index (κ3) is 11.6. The summed E-state index contributed by atoms with van der Waals surface area (Å²) < 4.78 is 0. The number of rotatable bonds is 25. The minimum absolute atomic E-state index is 0.219. The van der Waals surface area contributed by atoms with E-state index >= 15 is 0 Å². The van der Waals surface area contributed by atoms with Crippen LogP contribution in [0.25, 0.3) is 0 Å². The Kier molecular flexibility index (Phi) is 18.3. The largest absolute Gasteiger partial charge is 0.393 e. The fourth-order valence-corrected chi connectivity index (χ4v) is 4.97. The topological polar surface area (TPSA) is 199 Å². The molecule has 0 saturated heterocycles. The lowest BCUT2D eigenvalue weighted by atomic mass is 9.62. The van der Waals surface area contributed by atoms with Gasteiger partial charge in [-0.15, -0.1) is 0 Å². The SMILES string of the molecule is CCCCCCCCCCCCCCCCC(C(=O)C(O)CO)(C(=O)C(C)(O)CO)C(N)C(=O)C(C)(O)CO. The number of aliphatic hydroxyl groups excluding tert-OH is 4. The summed E-state index contributed by atoms with van der Waals surface area (Å²) >= 11 is 0. The van der Waals surface area contributed by atoms with Gasteiger partial charge in [0.25, 0.3) is 0 Å². The lowest BCUT2D eigenvalue weighted by Crippen LogP contribution is -2.67. The van der Waals surface area contributed by atoms with Gasteiger partial charge in [-0.2, -0.15) is 0 Å². The summed E-state index contributed by atoms with van der Waals surface area (Å²) in [5.41, 5.74) is -1.33. The van der Waals surface area contributed by atoms with Crippen molar-refractivity contribution in [3.8, 4) is 0 Å². The van der Waals surface area contributed by atoms with Crippen molar-refractivity contribution in [1.29, 1.82) is 0 Å². The van der Waals surface area contributed by atoms with Gasteiger partial charge in [-0.05, 0) is 20.3 Å². The van der Waals surface area contributed by atoms with Crippen LogP contribution in [0.2, 0.25) is 0 Å². The number of unbranched alkanes of at least 4 members (excludes halogenated alkanes) is 13. The predicted octanol–water partition coefficient (Wildman–Crippen LogP) is 1.72. The smallest absolute Gasteiger partial charge is 0.184 e. The quantitative estimate of drug-likeness (QED) is 0.0636. The first kappa shape index (κ1) is 37.7. The number of carbonyl (C=O) groups is 3. The number of hydrogen-bond acceptors (Lipinski definition) is 10. The van der Waals surface area contributed by atoms with Crippen LogP contribution in [-0.2, 0) is 14.4 Å². The van der Waals surface area contributed by atoms with Gasteiger partial charge < -0.3 is 36.4 Å².